The Kier molecular flexibility index (Phi) is 3.25. The molecule has 3 aromatic rings. The molecule has 2 aliphatic rings. The van der Waals surface area contributed by atoms with Crippen LogP contribution in [0.15, 0.2) is 36.4 Å². The van der Waals surface area contributed by atoms with E-state index in [9.17, 15) is 4.79 Å². The SMILES string of the molecule is [2H]C([2H])([2H])N1C(=O)c2cccc(C#CC)c2[C@H]2C[C@@H]1c1nc3ccc(C#CCO)cc3n12. The lowest BCUT2D eigenvalue weighted by Gasteiger charge is -2.24. The number of hydrogen-bond acceptors (Lipinski definition) is 3. The van der Waals surface area contributed by atoms with Gasteiger partial charge in [0.25, 0.3) is 5.91 Å². The highest BCUT2D eigenvalue weighted by atomic mass is 16.2. The van der Waals surface area contributed by atoms with Gasteiger partial charge >= 0.3 is 0 Å². The first-order chi connectivity index (χ1) is 15.3. The van der Waals surface area contributed by atoms with E-state index in [1.165, 1.54) is 0 Å². The van der Waals surface area contributed by atoms with Crippen LogP contribution in [0, 0.1) is 23.7 Å². The van der Waals surface area contributed by atoms with Gasteiger partial charge in [0.15, 0.2) is 0 Å². The lowest BCUT2D eigenvalue weighted by molar-refractivity contribution is 0.0734. The Hall–Kier alpha value is -3.54. The molecule has 0 saturated heterocycles. The van der Waals surface area contributed by atoms with E-state index in [0.717, 1.165) is 21.5 Å². The number of fused-ring (bicyclic) bond motifs is 9. The quantitative estimate of drug-likeness (QED) is 0.607. The summed E-state index contributed by atoms with van der Waals surface area (Å²) in [4.78, 5) is 19.2. The first-order valence-corrected chi connectivity index (χ1v) is 9.36. The Morgan fingerprint density at radius 2 is 2.17 bits per heavy atom. The van der Waals surface area contributed by atoms with Crippen molar-refractivity contribution >= 4 is 16.9 Å². The average Bonchev–Trinajstić information content (AvgIpc) is 3.24. The van der Waals surface area contributed by atoms with Gasteiger partial charge in [-0.05, 0) is 37.3 Å². The molecular formula is C24H19N3O2. The molecule has 1 amide bonds. The predicted octanol–water partition coefficient (Wildman–Crippen LogP) is 2.87. The molecule has 2 aliphatic heterocycles. The van der Waals surface area contributed by atoms with E-state index in [4.69, 9.17) is 14.2 Å². The average molecular weight is 384 g/mol. The van der Waals surface area contributed by atoms with Crippen LogP contribution in [-0.2, 0) is 0 Å². The maximum absolute atomic E-state index is 13.5. The van der Waals surface area contributed by atoms with E-state index >= 15 is 0 Å². The minimum atomic E-state index is -2.62. The predicted molar refractivity (Wildman–Crippen MR) is 110 cm³/mol. The van der Waals surface area contributed by atoms with Gasteiger partial charge in [-0.25, -0.2) is 4.98 Å². The summed E-state index contributed by atoms with van der Waals surface area (Å²) in [5.74, 6) is 11.6. The largest absolute Gasteiger partial charge is 0.384 e. The zero-order valence-corrected chi connectivity index (χ0v) is 15.7. The van der Waals surface area contributed by atoms with Gasteiger partial charge in [-0.2, -0.15) is 0 Å². The van der Waals surface area contributed by atoms with Gasteiger partial charge in [0.1, 0.15) is 12.4 Å². The first kappa shape index (κ1) is 14.5. The number of imidazole rings is 1. The normalized spacial score (nSPS) is 21.0. The zero-order valence-electron chi connectivity index (χ0n) is 18.7. The maximum atomic E-state index is 13.5. The number of hydrogen-bond donors (Lipinski definition) is 1. The summed E-state index contributed by atoms with van der Waals surface area (Å²) in [5.41, 5.74) is 4.03. The second kappa shape index (κ2) is 6.51. The highest BCUT2D eigenvalue weighted by Gasteiger charge is 2.44. The van der Waals surface area contributed by atoms with Crippen molar-refractivity contribution in [3.05, 3.63) is 64.5 Å². The molecule has 29 heavy (non-hydrogen) atoms. The Morgan fingerprint density at radius 1 is 1.28 bits per heavy atom. The lowest BCUT2D eigenvalue weighted by Crippen LogP contribution is -2.30. The van der Waals surface area contributed by atoms with Crippen molar-refractivity contribution in [3.63, 3.8) is 0 Å². The molecule has 0 unspecified atom stereocenters. The van der Waals surface area contributed by atoms with Crippen LogP contribution < -0.4 is 0 Å². The fourth-order valence-electron chi connectivity index (χ4n) is 4.41. The topological polar surface area (TPSA) is 58.4 Å². The van der Waals surface area contributed by atoms with E-state index < -0.39 is 18.9 Å². The van der Waals surface area contributed by atoms with E-state index in [1.54, 1.807) is 19.1 Å². The Morgan fingerprint density at radius 3 is 2.97 bits per heavy atom. The van der Waals surface area contributed by atoms with Gasteiger partial charge in [0.05, 0.1) is 23.1 Å². The number of rotatable bonds is 0. The molecular weight excluding hydrogens is 362 g/mol. The van der Waals surface area contributed by atoms with Crippen molar-refractivity contribution in [2.45, 2.75) is 25.4 Å². The highest BCUT2D eigenvalue weighted by molar-refractivity contribution is 5.97. The van der Waals surface area contributed by atoms with E-state index in [0.29, 0.717) is 28.9 Å². The van der Waals surface area contributed by atoms with Crippen LogP contribution in [0.25, 0.3) is 11.0 Å². The zero-order chi connectivity index (χ0) is 22.6. The number of aliphatic hydroxyl groups is 1. The molecule has 0 saturated carbocycles. The minimum absolute atomic E-state index is 0.241. The molecule has 3 heterocycles. The molecule has 0 aliphatic carbocycles. The van der Waals surface area contributed by atoms with E-state index in [-0.39, 0.29) is 12.6 Å². The summed E-state index contributed by atoms with van der Waals surface area (Å²) >= 11 is 0. The molecule has 5 rings (SSSR count). The molecule has 1 N–H and O–H groups in total. The maximum Gasteiger partial charge on any atom is 0.254 e. The molecule has 0 fully saturated rings. The second-order valence-corrected chi connectivity index (χ2v) is 7.09. The van der Waals surface area contributed by atoms with Crippen LogP contribution in [0.3, 0.4) is 0 Å². The molecule has 142 valence electrons. The number of aliphatic hydroxyl groups excluding tert-OH is 1. The summed E-state index contributed by atoms with van der Waals surface area (Å²) in [6, 6.07) is 9.83. The highest BCUT2D eigenvalue weighted by Crippen LogP contribution is 2.48. The lowest BCUT2D eigenvalue weighted by atomic mass is 9.93. The van der Waals surface area contributed by atoms with Gasteiger partial charge in [0.2, 0.25) is 0 Å². The summed E-state index contributed by atoms with van der Waals surface area (Å²) < 4.78 is 26.3. The van der Waals surface area contributed by atoms with Crippen LogP contribution in [0.2, 0.25) is 0 Å². The number of nitrogens with zero attached hydrogens (tertiary/aromatic N) is 3. The third-order valence-electron chi connectivity index (χ3n) is 5.54. The number of aromatic nitrogens is 2. The molecule has 2 bridgehead atoms. The standard InChI is InChI=1S/C24H19N3O2/c1-3-6-16-8-4-9-17-22(16)20-14-21(26(2)24(17)29)23-25-18-11-10-15(7-5-12-28)13-19(18)27(20)23/h4,8-11,13,20-21,28H,12,14H2,1-2H3/t20-,21-/m1/s1/i2D3. The van der Waals surface area contributed by atoms with E-state index in [2.05, 4.69) is 23.7 Å². The minimum Gasteiger partial charge on any atom is -0.384 e. The number of carbonyl (C=O) groups is 1. The van der Waals surface area contributed by atoms with Gasteiger partial charge in [0, 0.05) is 39.8 Å². The van der Waals surface area contributed by atoms with Crippen LogP contribution >= 0.6 is 0 Å². The smallest absolute Gasteiger partial charge is 0.254 e. The van der Waals surface area contributed by atoms with Gasteiger partial charge in [-0.1, -0.05) is 23.8 Å². The number of amides is 1. The molecule has 0 spiro atoms. The molecule has 2 aromatic carbocycles. The monoisotopic (exact) mass is 384 g/mol. The molecule has 0 radical (unpaired) electrons. The molecule has 5 heteroatoms. The van der Waals surface area contributed by atoms with Crippen molar-refractivity contribution in [1.29, 1.82) is 0 Å². The van der Waals surface area contributed by atoms with Gasteiger partial charge < -0.3 is 14.6 Å². The van der Waals surface area contributed by atoms with Crippen molar-refractivity contribution in [3.8, 4) is 23.7 Å². The van der Waals surface area contributed by atoms with Crippen LogP contribution in [0.4, 0.5) is 0 Å². The Balaban J connectivity index is 1.84. The number of carbonyl (C=O) groups excluding carboxylic acids is 1. The fourth-order valence-corrected chi connectivity index (χ4v) is 4.41. The van der Waals surface area contributed by atoms with Crippen LogP contribution in [0.5, 0.6) is 0 Å². The summed E-state index contributed by atoms with van der Waals surface area (Å²) in [6.07, 6.45) is 0.407. The second-order valence-electron chi connectivity index (χ2n) is 7.09. The summed E-state index contributed by atoms with van der Waals surface area (Å²) in [7, 11) is 0. The third kappa shape index (κ3) is 2.49. The Bertz CT molecular complexity index is 1400. The van der Waals surface area contributed by atoms with Crippen molar-refractivity contribution in [2.24, 2.45) is 0 Å². The van der Waals surface area contributed by atoms with E-state index in [1.807, 2.05) is 28.8 Å². The van der Waals surface area contributed by atoms with Crippen molar-refractivity contribution < 1.29 is 14.0 Å². The van der Waals surface area contributed by atoms with Gasteiger partial charge in [-0.3, -0.25) is 4.79 Å². The van der Waals surface area contributed by atoms with Gasteiger partial charge in [-0.15, -0.1) is 5.92 Å². The van der Waals surface area contributed by atoms with Crippen molar-refractivity contribution in [1.82, 2.24) is 14.5 Å². The Labute approximate surface area is 173 Å². The first-order valence-electron chi connectivity index (χ1n) is 10.9. The number of benzene rings is 2. The molecule has 5 nitrogen and oxygen atoms in total. The summed E-state index contributed by atoms with van der Waals surface area (Å²) in [5, 5.41) is 9.04. The fraction of sp³-hybridized carbons (Fsp3) is 0.250. The molecule has 2 atom stereocenters. The van der Waals surface area contributed by atoms with Crippen LogP contribution in [0.1, 0.15) is 62.4 Å². The van der Waals surface area contributed by atoms with Crippen LogP contribution in [-0.4, -0.2) is 39.0 Å². The van der Waals surface area contributed by atoms with Crippen molar-refractivity contribution in [2.75, 3.05) is 13.6 Å². The summed E-state index contributed by atoms with van der Waals surface area (Å²) in [6.45, 7) is -1.13. The third-order valence-corrected chi connectivity index (χ3v) is 5.54. The molecule has 1 aromatic heterocycles.